The van der Waals surface area contributed by atoms with Gasteiger partial charge in [-0.1, -0.05) is 55.4 Å². The van der Waals surface area contributed by atoms with E-state index in [1.165, 1.54) is 23.9 Å². The van der Waals surface area contributed by atoms with Gasteiger partial charge in [0.1, 0.15) is 5.82 Å². The molecule has 3 rings (SSSR count). The third-order valence-corrected chi connectivity index (χ3v) is 5.43. The van der Waals surface area contributed by atoms with Gasteiger partial charge in [0.25, 0.3) is 0 Å². The van der Waals surface area contributed by atoms with E-state index in [0.717, 1.165) is 24.0 Å². The summed E-state index contributed by atoms with van der Waals surface area (Å²) in [6.45, 7) is 4.67. The molecular weight excluding hydrogens is 387 g/mol. The predicted molar refractivity (Wildman–Crippen MR) is 114 cm³/mol. The van der Waals surface area contributed by atoms with Crippen molar-refractivity contribution < 1.29 is 9.18 Å². The fraction of sp³-hybridized carbons (Fsp3) is 0.318. The average molecular weight is 413 g/mol. The standard InChI is InChI=1S/C22H25FN4OS/c1-3-7-16(2)24-20(28)15-29-22-26-25-21(18-10-12-19(23)13-11-18)27(22)14-17-8-5-4-6-9-17/h4-6,8-13,16H,3,7,14-15H2,1-2H3,(H,24,28)/t16-/m1/s1. The van der Waals surface area contributed by atoms with Crippen molar-refractivity contribution in [3.05, 3.63) is 66.0 Å². The van der Waals surface area contributed by atoms with Crippen molar-refractivity contribution in [2.45, 2.75) is 44.4 Å². The Morgan fingerprint density at radius 3 is 2.55 bits per heavy atom. The molecule has 0 fully saturated rings. The smallest absolute Gasteiger partial charge is 0.230 e. The molecule has 1 heterocycles. The molecule has 1 atom stereocenters. The van der Waals surface area contributed by atoms with E-state index in [1.54, 1.807) is 12.1 Å². The maximum Gasteiger partial charge on any atom is 0.230 e. The van der Waals surface area contributed by atoms with Crippen LogP contribution in [0.2, 0.25) is 0 Å². The Balaban J connectivity index is 1.81. The molecule has 1 aromatic heterocycles. The van der Waals surface area contributed by atoms with Crippen LogP contribution in [0.15, 0.2) is 59.8 Å². The number of nitrogens with one attached hydrogen (secondary N) is 1. The molecule has 0 bridgehead atoms. The number of carbonyl (C=O) groups is 1. The van der Waals surface area contributed by atoms with Gasteiger partial charge in [-0.15, -0.1) is 10.2 Å². The number of hydrogen-bond acceptors (Lipinski definition) is 4. The van der Waals surface area contributed by atoms with E-state index in [2.05, 4.69) is 22.4 Å². The fourth-order valence-corrected chi connectivity index (χ4v) is 3.82. The topological polar surface area (TPSA) is 59.8 Å². The van der Waals surface area contributed by atoms with Crippen LogP contribution in [0.4, 0.5) is 4.39 Å². The number of hydrogen-bond donors (Lipinski definition) is 1. The lowest BCUT2D eigenvalue weighted by molar-refractivity contribution is -0.119. The van der Waals surface area contributed by atoms with Crippen LogP contribution >= 0.6 is 11.8 Å². The van der Waals surface area contributed by atoms with Crippen molar-refractivity contribution >= 4 is 17.7 Å². The van der Waals surface area contributed by atoms with Gasteiger partial charge in [-0.05, 0) is 43.2 Å². The van der Waals surface area contributed by atoms with Crippen LogP contribution in [0.3, 0.4) is 0 Å². The Bertz CT molecular complexity index is 928. The number of nitrogens with zero attached hydrogens (tertiary/aromatic N) is 3. The summed E-state index contributed by atoms with van der Waals surface area (Å²) in [5.41, 5.74) is 1.88. The molecule has 7 heteroatoms. The number of thioether (sulfide) groups is 1. The summed E-state index contributed by atoms with van der Waals surface area (Å²) >= 11 is 1.36. The molecule has 0 radical (unpaired) electrons. The first-order valence-corrected chi connectivity index (χ1v) is 10.7. The second-order valence-electron chi connectivity index (χ2n) is 6.93. The first kappa shape index (κ1) is 21.0. The SMILES string of the molecule is CCC[C@@H](C)NC(=O)CSc1nnc(-c2ccc(F)cc2)n1Cc1ccccc1. The highest BCUT2D eigenvalue weighted by atomic mass is 32.2. The lowest BCUT2D eigenvalue weighted by atomic mass is 10.2. The first-order valence-electron chi connectivity index (χ1n) is 9.72. The number of amides is 1. The molecule has 1 amide bonds. The van der Waals surface area contributed by atoms with Crippen molar-refractivity contribution in [3.63, 3.8) is 0 Å². The summed E-state index contributed by atoms with van der Waals surface area (Å²) in [6, 6.07) is 16.3. The monoisotopic (exact) mass is 412 g/mol. The summed E-state index contributed by atoms with van der Waals surface area (Å²) in [4.78, 5) is 12.3. The molecular formula is C22H25FN4OS. The zero-order chi connectivity index (χ0) is 20.6. The van der Waals surface area contributed by atoms with Gasteiger partial charge < -0.3 is 5.32 Å². The second kappa shape index (κ2) is 10.2. The molecule has 1 N–H and O–H groups in total. The number of rotatable bonds is 9. The zero-order valence-corrected chi connectivity index (χ0v) is 17.5. The highest BCUT2D eigenvalue weighted by Gasteiger charge is 2.17. The maximum absolute atomic E-state index is 13.3. The largest absolute Gasteiger partial charge is 0.353 e. The summed E-state index contributed by atoms with van der Waals surface area (Å²) < 4.78 is 15.3. The van der Waals surface area contributed by atoms with Crippen LogP contribution in [-0.2, 0) is 11.3 Å². The van der Waals surface area contributed by atoms with E-state index in [9.17, 15) is 9.18 Å². The zero-order valence-electron chi connectivity index (χ0n) is 16.6. The highest BCUT2D eigenvalue weighted by Crippen LogP contribution is 2.25. The van der Waals surface area contributed by atoms with Gasteiger partial charge in [-0.3, -0.25) is 9.36 Å². The Morgan fingerprint density at radius 2 is 1.86 bits per heavy atom. The minimum Gasteiger partial charge on any atom is -0.353 e. The predicted octanol–water partition coefficient (Wildman–Crippen LogP) is 4.53. The van der Waals surface area contributed by atoms with E-state index >= 15 is 0 Å². The van der Waals surface area contributed by atoms with Gasteiger partial charge in [0.05, 0.1) is 12.3 Å². The van der Waals surface area contributed by atoms with Crippen LogP contribution in [0.25, 0.3) is 11.4 Å². The molecule has 29 heavy (non-hydrogen) atoms. The fourth-order valence-electron chi connectivity index (χ4n) is 3.07. The van der Waals surface area contributed by atoms with Crippen molar-refractivity contribution in [2.24, 2.45) is 0 Å². The van der Waals surface area contributed by atoms with Gasteiger partial charge in [-0.2, -0.15) is 0 Å². The van der Waals surface area contributed by atoms with Crippen LogP contribution < -0.4 is 5.32 Å². The molecule has 0 spiro atoms. The van der Waals surface area contributed by atoms with Crippen LogP contribution in [-0.4, -0.2) is 32.5 Å². The second-order valence-corrected chi connectivity index (χ2v) is 7.87. The molecule has 0 aliphatic rings. The van der Waals surface area contributed by atoms with Gasteiger partial charge in [-0.25, -0.2) is 4.39 Å². The Kier molecular flexibility index (Phi) is 7.41. The molecule has 0 saturated heterocycles. The van der Waals surface area contributed by atoms with Gasteiger partial charge in [0.2, 0.25) is 5.91 Å². The maximum atomic E-state index is 13.3. The first-order chi connectivity index (χ1) is 14.1. The summed E-state index contributed by atoms with van der Waals surface area (Å²) in [5.74, 6) is 0.602. The van der Waals surface area contributed by atoms with Crippen molar-refractivity contribution in [3.8, 4) is 11.4 Å². The van der Waals surface area contributed by atoms with Crippen molar-refractivity contribution in [2.75, 3.05) is 5.75 Å². The molecule has 0 aliphatic carbocycles. The van der Waals surface area contributed by atoms with Crippen LogP contribution in [0, 0.1) is 5.82 Å². The van der Waals surface area contributed by atoms with E-state index in [1.807, 2.05) is 41.8 Å². The number of halogens is 1. The number of benzene rings is 2. The summed E-state index contributed by atoms with van der Waals surface area (Å²) in [6.07, 6.45) is 1.98. The molecule has 0 saturated carbocycles. The molecule has 0 aliphatic heterocycles. The summed E-state index contributed by atoms with van der Waals surface area (Å²) in [5, 5.41) is 12.3. The van der Waals surface area contributed by atoms with Gasteiger partial charge >= 0.3 is 0 Å². The van der Waals surface area contributed by atoms with E-state index in [0.29, 0.717) is 17.5 Å². The Hall–Kier alpha value is -2.67. The molecule has 152 valence electrons. The van der Waals surface area contributed by atoms with Crippen LogP contribution in [0.5, 0.6) is 0 Å². The van der Waals surface area contributed by atoms with Crippen molar-refractivity contribution in [1.82, 2.24) is 20.1 Å². The molecule has 3 aromatic rings. The summed E-state index contributed by atoms with van der Waals surface area (Å²) in [7, 11) is 0. The van der Waals surface area contributed by atoms with Crippen LogP contribution in [0.1, 0.15) is 32.3 Å². The minimum absolute atomic E-state index is 0.0199. The van der Waals surface area contributed by atoms with E-state index in [-0.39, 0.29) is 23.5 Å². The minimum atomic E-state index is -0.296. The highest BCUT2D eigenvalue weighted by molar-refractivity contribution is 7.99. The number of carbonyl (C=O) groups excluding carboxylic acids is 1. The quantitative estimate of drug-likeness (QED) is 0.525. The molecule has 0 unspecified atom stereocenters. The van der Waals surface area contributed by atoms with E-state index < -0.39 is 0 Å². The van der Waals surface area contributed by atoms with E-state index in [4.69, 9.17) is 0 Å². The lowest BCUT2D eigenvalue weighted by Gasteiger charge is -2.13. The molecule has 2 aromatic carbocycles. The third kappa shape index (κ3) is 5.90. The average Bonchev–Trinajstić information content (AvgIpc) is 3.10. The Morgan fingerprint density at radius 1 is 1.14 bits per heavy atom. The van der Waals surface area contributed by atoms with Gasteiger partial charge in [0, 0.05) is 11.6 Å². The number of aromatic nitrogens is 3. The Labute approximate surface area is 174 Å². The lowest BCUT2D eigenvalue weighted by Crippen LogP contribution is -2.33. The normalized spacial score (nSPS) is 12.0. The van der Waals surface area contributed by atoms with Crippen molar-refractivity contribution in [1.29, 1.82) is 0 Å². The van der Waals surface area contributed by atoms with Gasteiger partial charge in [0.15, 0.2) is 11.0 Å². The molecule has 5 nitrogen and oxygen atoms in total. The third-order valence-electron chi connectivity index (χ3n) is 4.46.